The molecular formula is C16H23NO4. The van der Waals surface area contributed by atoms with E-state index in [1.165, 1.54) is 5.56 Å². The Morgan fingerprint density at radius 3 is 2.19 bits per heavy atom. The number of ether oxygens (including phenoxy) is 2. The number of hydrogen-bond donors (Lipinski definition) is 1. The fourth-order valence-corrected chi connectivity index (χ4v) is 1.64. The Labute approximate surface area is 125 Å². The lowest BCUT2D eigenvalue weighted by Gasteiger charge is -2.10. The second kappa shape index (κ2) is 8.29. The molecule has 0 aliphatic rings. The molecule has 0 heterocycles. The minimum atomic E-state index is -0.568. The molecule has 21 heavy (non-hydrogen) atoms. The molecule has 0 radical (unpaired) electrons. The molecule has 1 amide bonds. The van der Waals surface area contributed by atoms with Crippen LogP contribution >= 0.6 is 0 Å². The van der Waals surface area contributed by atoms with Gasteiger partial charge in [-0.25, -0.2) is 4.79 Å². The lowest BCUT2D eigenvalue weighted by molar-refractivity contribution is -0.150. The first-order valence-electron chi connectivity index (χ1n) is 7.06. The third-order valence-corrected chi connectivity index (χ3v) is 2.72. The van der Waals surface area contributed by atoms with E-state index in [0.29, 0.717) is 11.7 Å². The van der Waals surface area contributed by atoms with E-state index in [0.717, 1.165) is 0 Å². The van der Waals surface area contributed by atoms with E-state index in [2.05, 4.69) is 19.2 Å². The Morgan fingerprint density at radius 1 is 1.05 bits per heavy atom. The van der Waals surface area contributed by atoms with Crippen molar-refractivity contribution in [1.82, 2.24) is 5.32 Å². The van der Waals surface area contributed by atoms with Gasteiger partial charge in [0.2, 0.25) is 0 Å². The fraction of sp³-hybridized carbons (Fsp3) is 0.500. The molecule has 1 aromatic rings. The van der Waals surface area contributed by atoms with Crippen molar-refractivity contribution in [3.63, 3.8) is 0 Å². The number of carbonyl (C=O) groups excluding carboxylic acids is 2. The summed E-state index contributed by atoms with van der Waals surface area (Å²) in [6, 6.07) is 7.57. The van der Waals surface area contributed by atoms with Crippen LogP contribution in [0.4, 0.5) is 0 Å². The lowest BCUT2D eigenvalue weighted by Crippen LogP contribution is -2.34. The predicted molar refractivity (Wildman–Crippen MR) is 80.3 cm³/mol. The van der Waals surface area contributed by atoms with Gasteiger partial charge in [0, 0.05) is 6.04 Å². The SMILES string of the molecule is CC(C)NC(=O)COC(=O)COc1ccc(C(C)C)cc1. The van der Waals surface area contributed by atoms with Gasteiger partial charge in [0.25, 0.3) is 5.91 Å². The average molecular weight is 293 g/mol. The maximum Gasteiger partial charge on any atom is 0.344 e. The summed E-state index contributed by atoms with van der Waals surface area (Å²) in [6.45, 7) is 7.39. The van der Waals surface area contributed by atoms with Gasteiger partial charge in [-0.3, -0.25) is 4.79 Å². The van der Waals surface area contributed by atoms with Crippen molar-refractivity contribution < 1.29 is 19.1 Å². The first-order chi connectivity index (χ1) is 9.88. The molecule has 1 rings (SSSR count). The van der Waals surface area contributed by atoms with Crippen LogP contribution in [0.2, 0.25) is 0 Å². The largest absolute Gasteiger partial charge is 0.482 e. The van der Waals surface area contributed by atoms with Crippen molar-refractivity contribution in [3.05, 3.63) is 29.8 Å². The van der Waals surface area contributed by atoms with E-state index in [-0.39, 0.29) is 25.2 Å². The first-order valence-corrected chi connectivity index (χ1v) is 7.06. The van der Waals surface area contributed by atoms with Gasteiger partial charge < -0.3 is 14.8 Å². The number of carbonyl (C=O) groups is 2. The normalized spacial score (nSPS) is 10.6. The zero-order valence-electron chi connectivity index (χ0n) is 13.0. The third kappa shape index (κ3) is 6.79. The molecule has 116 valence electrons. The minimum absolute atomic E-state index is 0.0203. The van der Waals surface area contributed by atoms with E-state index in [9.17, 15) is 9.59 Å². The minimum Gasteiger partial charge on any atom is -0.482 e. The molecule has 0 saturated heterocycles. The van der Waals surface area contributed by atoms with Gasteiger partial charge in [-0.2, -0.15) is 0 Å². The summed E-state index contributed by atoms with van der Waals surface area (Å²) in [5.74, 6) is 0.160. The summed E-state index contributed by atoms with van der Waals surface area (Å²) < 4.78 is 10.1. The monoisotopic (exact) mass is 293 g/mol. The van der Waals surface area contributed by atoms with Gasteiger partial charge >= 0.3 is 5.97 Å². The van der Waals surface area contributed by atoms with Gasteiger partial charge in [-0.1, -0.05) is 26.0 Å². The maximum absolute atomic E-state index is 11.5. The van der Waals surface area contributed by atoms with Crippen LogP contribution in [-0.4, -0.2) is 31.1 Å². The van der Waals surface area contributed by atoms with Gasteiger partial charge in [0.15, 0.2) is 13.2 Å². The number of rotatable bonds is 7. The van der Waals surface area contributed by atoms with E-state index < -0.39 is 5.97 Å². The number of hydrogen-bond acceptors (Lipinski definition) is 4. The summed E-state index contributed by atoms with van der Waals surface area (Å²) in [4.78, 5) is 22.8. The van der Waals surface area contributed by atoms with Crippen LogP contribution < -0.4 is 10.1 Å². The summed E-state index contributed by atoms with van der Waals surface area (Å²) in [5, 5.41) is 2.63. The van der Waals surface area contributed by atoms with Crippen LogP contribution in [0.15, 0.2) is 24.3 Å². The Kier molecular flexibility index (Phi) is 6.72. The lowest BCUT2D eigenvalue weighted by atomic mass is 10.0. The van der Waals surface area contributed by atoms with Crippen molar-refractivity contribution >= 4 is 11.9 Å². The topological polar surface area (TPSA) is 64.6 Å². The molecule has 0 unspecified atom stereocenters. The van der Waals surface area contributed by atoms with Gasteiger partial charge in [0.1, 0.15) is 5.75 Å². The van der Waals surface area contributed by atoms with Crippen LogP contribution in [0.3, 0.4) is 0 Å². The quantitative estimate of drug-likeness (QED) is 0.783. The molecule has 0 aliphatic heterocycles. The van der Waals surface area contributed by atoms with E-state index >= 15 is 0 Å². The van der Waals surface area contributed by atoms with E-state index in [4.69, 9.17) is 9.47 Å². The summed E-state index contributed by atoms with van der Waals surface area (Å²) in [7, 11) is 0. The molecule has 0 fully saturated rings. The molecule has 5 heteroatoms. The molecular weight excluding hydrogens is 270 g/mol. The van der Waals surface area contributed by atoms with E-state index in [1.54, 1.807) is 0 Å². The Balaban J connectivity index is 2.31. The highest BCUT2D eigenvalue weighted by Crippen LogP contribution is 2.18. The van der Waals surface area contributed by atoms with Crippen LogP contribution in [0.5, 0.6) is 5.75 Å². The van der Waals surface area contributed by atoms with Gasteiger partial charge in [-0.15, -0.1) is 0 Å². The summed E-state index contributed by atoms with van der Waals surface area (Å²) in [6.07, 6.45) is 0. The molecule has 0 spiro atoms. The third-order valence-electron chi connectivity index (χ3n) is 2.72. The zero-order valence-corrected chi connectivity index (χ0v) is 13.0. The number of amides is 1. The van der Waals surface area contributed by atoms with Crippen LogP contribution in [0, 0.1) is 0 Å². The zero-order chi connectivity index (χ0) is 15.8. The molecule has 1 aromatic carbocycles. The Bertz CT molecular complexity index is 466. The predicted octanol–water partition coefficient (Wildman–Crippen LogP) is 2.26. The number of esters is 1. The molecule has 0 atom stereocenters. The smallest absolute Gasteiger partial charge is 0.344 e. The van der Waals surface area contributed by atoms with Crippen molar-refractivity contribution in [2.45, 2.75) is 39.7 Å². The number of benzene rings is 1. The standard InChI is InChI=1S/C16H23NO4/c1-11(2)13-5-7-14(8-6-13)20-10-16(19)21-9-15(18)17-12(3)4/h5-8,11-12H,9-10H2,1-4H3,(H,17,18). The van der Waals surface area contributed by atoms with Gasteiger partial charge in [0.05, 0.1) is 0 Å². The van der Waals surface area contributed by atoms with E-state index in [1.807, 2.05) is 38.1 Å². The van der Waals surface area contributed by atoms with Crippen LogP contribution in [0.25, 0.3) is 0 Å². The molecule has 0 saturated carbocycles. The van der Waals surface area contributed by atoms with Crippen LogP contribution in [0.1, 0.15) is 39.2 Å². The van der Waals surface area contributed by atoms with Crippen LogP contribution in [-0.2, 0) is 14.3 Å². The summed E-state index contributed by atoms with van der Waals surface area (Å²) in [5.41, 5.74) is 1.20. The molecule has 0 aromatic heterocycles. The fourth-order valence-electron chi connectivity index (χ4n) is 1.64. The van der Waals surface area contributed by atoms with Crippen molar-refractivity contribution in [3.8, 4) is 5.75 Å². The highest BCUT2D eigenvalue weighted by Gasteiger charge is 2.09. The highest BCUT2D eigenvalue weighted by atomic mass is 16.6. The molecule has 0 aliphatic carbocycles. The van der Waals surface area contributed by atoms with Crippen molar-refractivity contribution in [1.29, 1.82) is 0 Å². The first kappa shape index (κ1) is 17.0. The highest BCUT2D eigenvalue weighted by molar-refractivity contribution is 5.81. The maximum atomic E-state index is 11.5. The average Bonchev–Trinajstić information content (AvgIpc) is 2.42. The number of nitrogens with one attached hydrogen (secondary N) is 1. The van der Waals surface area contributed by atoms with Gasteiger partial charge in [-0.05, 0) is 37.5 Å². The summed E-state index contributed by atoms with van der Waals surface area (Å²) >= 11 is 0. The Hall–Kier alpha value is -2.04. The molecule has 0 bridgehead atoms. The molecule has 5 nitrogen and oxygen atoms in total. The second-order valence-corrected chi connectivity index (χ2v) is 5.40. The van der Waals surface area contributed by atoms with Crippen molar-refractivity contribution in [2.75, 3.05) is 13.2 Å². The molecule has 1 N–H and O–H groups in total. The second-order valence-electron chi connectivity index (χ2n) is 5.40. The Morgan fingerprint density at radius 2 is 1.67 bits per heavy atom. The van der Waals surface area contributed by atoms with Crippen molar-refractivity contribution in [2.24, 2.45) is 0 Å².